The highest BCUT2D eigenvalue weighted by atomic mass is 19.4. The first kappa shape index (κ1) is 26.3. The van der Waals surface area contributed by atoms with Crippen molar-refractivity contribution < 1.29 is 27.5 Å². The molecule has 0 saturated carbocycles. The minimum absolute atomic E-state index is 0.311. The van der Waals surface area contributed by atoms with Gasteiger partial charge in [-0.05, 0) is 71.1 Å². The molecule has 6 nitrogen and oxygen atoms in total. The molecule has 1 aliphatic carbocycles. The Hall–Kier alpha value is -4.27. The maximum atomic E-state index is 13.4. The molecule has 9 heteroatoms. The molecule has 0 aromatic heterocycles. The number of carbonyl (C=O) groups excluding carboxylic acids is 2. The highest BCUT2D eigenvalue weighted by Crippen LogP contribution is 2.34. The van der Waals surface area contributed by atoms with Crippen molar-refractivity contribution in [3.63, 3.8) is 0 Å². The van der Waals surface area contributed by atoms with Crippen LogP contribution >= 0.6 is 0 Å². The van der Waals surface area contributed by atoms with E-state index >= 15 is 0 Å². The summed E-state index contributed by atoms with van der Waals surface area (Å²) in [6.07, 6.45) is -1.85. The van der Waals surface area contributed by atoms with Crippen LogP contribution in [0.3, 0.4) is 0 Å². The van der Waals surface area contributed by atoms with E-state index in [1.54, 1.807) is 17.0 Å². The van der Waals surface area contributed by atoms with Crippen molar-refractivity contribution in [1.82, 2.24) is 9.80 Å². The molecule has 0 radical (unpaired) electrons. The van der Waals surface area contributed by atoms with Gasteiger partial charge in [-0.2, -0.15) is 13.2 Å². The third-order valence-corrected chi connectivity index (χ3v) is 7.23. The lowest BCUT2D eigenvalue weighted by Crippen LogP contribution is -2.48. The average Bonchev–Trinajstić information content (AvgIpc) is 3.35. The van der Waals surface area contributed by atoms with E-state index in [1.165, 1.54) is 24.9 Å². The zero-order chi connectivity index (χ0) is 27.7. The minimum atomic E-state index is -4.43. The standard InChI is InChI=1S/C30H28F3N3O3/c1-19-4-3-5-26(27(19)20-6-9-23(10-7-20)30(31,32)33)28(37)34-24-11-8-21-17-25(18-22(21)16-24)35-12-14-36(15-13-35)29(38)39-2/h3-11,16,18H,12-15,17H2,1-2H3,(H,34,37). The van der Waals surface area contributed by atoms with E-state index in [-0.39, 0.29) is 12.0 Å². The van der Waals surface area contributed by atoms with Gasteiger partial charge in [0.1, 0.15) is 0 Å². The first-order valence-corrected chi connectivity index (χ1v) is 12.6. The monoisotopic (exact) mass is 535 g/mol. The molecular weight excluding hydrogens is 507 g/mol. The quantitative estimate of drug-likeness (QED) is 0.431. The molecule has 1 N–H and O–H groups in total. The first-order valence-electron chi connectivity index (χ1n) is 12.6. The Labute approximate surface area is 224 Å². The summed E-state index contributed by atoms with van der Waals surface area (Å²) in [5.41, 5.74) is 5.55. The van der Waals surface area contributed by atoms with E-state index < -0.39 is 11.7 Å². The molecule has 202 valence electrons. The van der Waals surface area contributed by atoms with Gasteiger partial charge in [0.25, 0.3) is 5.91 Å². The van der Waals surface area contributed by atoms with Crippen LogP contribution < -0.4 is 5.32 Å². The SMILES string of the molecule is COC(=O)N1CCN(C2=Cc3cc(NC(=O)c4cccc(C)c4-c4ccc(C(F)(F)F)cc4)ccc3C2)CC1. The molecule has 0 unspecified atom stereocenters. The van der Waals surface area contributed by atoms with Gasteiger partial charge >= 0.3 is 12.3 Å². The fraction of sp³-hybridized carbons (Fsp3) is 0.267. The summed E-state index contributed by atoms with van der Waals surface area (Å²) >= 11 is 0. The number of rotatable bonds is 4. The molecule has 0 atom stereocenters. The number of hydrogen-bond donors (Lipinski definition) is 1. The second-order valence-electron chi connectivity index (χ2n) is 9.70. The Morgan fingerprint density at radius 1 is 0.949 bits per heavy atom. The van der Waals surface area contributed by atoms with Crippen molar-refractivity contribution >= 4 is 23.8 Å². The maximum absolute atomic E-state index is 13.4. The van der Waals surface area contributed by atoms with E-state index in [4.69, 9.17) is 4.74 Å². The molecule has 1 heterocycles. The van der Waals surface area contributed by atoms with Crippen LogP contribution in [0.4, 0.5) is 23.7 Å². The third-order valence-electron chi connectivity index (χ3n) is 7.23. The molecular formula is C30H28F3N3O3. The molecule has 39 heavy (non-hydrogen) atoms. The van der Waals surface area contributed by atoms with E-state index in [9.17, 15) is 22.8 Å². The zero-order valence-electron chi connectivity index (χ0n) is 21.6. The predicted molar refractivity (Wildman–Crippen MR) is 143 cm³/mol. The fourth-order valence-electron chi connectivity index (χ4n) is 5.17. The lowest BCUT2D eigenvalue weighted by Gasteiger charge is -2.35. The van der Waals surface area contributed by atoms with Crippen molar-refractivity contribution in [2.24, 2.45) is 0 Å². The van der Waals surface area contributed by atoms with Gasteiger partial charge in [-0.15, -0.1) is 0 Å². The summed E-state index contributed by atoms with van der Waals surface area (Å²) in [4.78, 5) is 29.1. The number of piperazine rings is 1. The lowest BCUT2D eigenvalue weighted by atomic mass is 9.93. The second kappa shape index (κ2) is 10.5. The van der Waals surface area contributed by atoms with Gasteiger partial charge in [-0.25, -0.2) is 4.79 Å². The van der Waals surface area contributed by atoms with Crippen molar-refractivity contribution in [3.05, 3.63) is 94.2 Å². The number of nitrogens with one attached hydrogen (secondary N) is 1. The predicted octanol–water partition coefficient (Wildman–Crippen LogP) is 6.21. The number of benzene rings is 3. The van der Waals surface area contributed by atoms with Crippen LogP contribution in [0.15, 0.2) is 66.4 Å². The van der Waals surface area contributed by atoms with Crippen molar-refractivity contribution in [2.45, 2.75) is 19.5 Å². The molecule has 1 saturated heterocycles. The largest absolute Gasteiger partial charge is 0.453 e. The van der Waals surface area contributed by atoms with Crippen LogP contribution in [0.25, 0.3) is 17.2 Å². The molecule has 0 bridgehead atoms. The highest BCUT2D eigenvalue weighted by Gasteiger charge is 2.30. The zero-order valence-corrected chi connectivity index (χ0v) is 21.6. The fourth-order valence-corrected chi connectivity index (χ4v) is 5.17. The first-order chi connectivity index (χ1) is 18.6. The van der Waals surface area contributed by atoms with Crippen LogP contribution in [0.1, 0.15) is 32.6 Å². The number of anilines is 1. The Morgan fingerprint density at radius 3 is 2.33 bits per heavy atom. The van der Waals surface area contributed by atoms with E-state index in [2.05, 4.69) is 16.3 Å². The van der Waals surface area contributed by atoms with Gasteiger partial charge in [-0.1, -0.05) is 30.3 Å². The number of carbonyl (C=O) groups is 2. The number of methoxy groups -OCH3 is 1. The third kappa shape index (κ3) is 5.48. The summed E-state index contributed by atoms with van der Waals surface area (Å²) < 4.78 is 43.9. The summed E-state index contributed by atoms with van der Waals surface area (Å²) in [6.45, 7) is 4.46. The Bertz CT molecular complexity index is 1440. The van der Waals surface area contributed by atoms with Crippen LogP contribution in [-0.2, 0) is 17.3 Å². The molecule has 2 aliphatic rings. The van der Waals surface area contributed by atoms with Crippen LogP contribution in [-0.4, -0.2) is 55.1 Å². The number of alkyl halides is 3. The van der Waals surface area contributed by atoms with Crippen molar-refractivity contribution in [3.8, 4) is 11.1 Å². The summed E-state index contributed by atoms with van der Waals surface area (Å²) in [5.74, 6) is -0.338. The van der Waals surface area contributed by atoms with Gasteiger partial charge in [-0.3, -0.25) is 4.79 Å². The number of amides is 2. The van der Waals surface area contributed by atoms with Crippen LogP contribution in [0.2, 0.25) is 0 Å². The number of ether oxygens (including phenoxy) is 1. The molecule has 3 aromatic carbocycles. The van der Waals surface area contributed by atoms with Crippen molar-refractivity contribution in [1.29, 1.82) is 0 Å². The van der Waals surface area contributed by atoms with Crippen LogP contribution in [0, 0.1) is 6.92 Å². The van der Waals surface area contributed by atoms with E-state index in [0.29, 0.717) is 35.5 Å². The smallest absolute Gasteiger partial charge is 0.416 e. The Balaban J connectivity index is 1.32. The average molecular weight is 536 g/mol. The number of fused-ring (bicyclic) bond motifs is 1. The number of hydrogen-bond acceptors (Lipinski definition) is 4. The van der Waals surface area contributed by atoms with Crippen LogP contribution in [0.5, 0.6) is 0 Å². The lowest BCUT2D eigenvalue weighted by molar-refractivity contribution is -0.137. The number of nitrogens with zero attached hydrogens (tertiary/aromatic N) is 2. The summed E-state index contributed by atoms with van der Waals surface area (Å²) in [6, 6.07) is 15.9. The maximum Gasteiger partial charge on any atom is 0.416 e. The van der Waals surface area contributed by atoms with Crippen molar-refractivity contribution in [2.75, 3.05) is 38.6 Å². The number of aryl methyl sites for hydroxylation is 1. The topological polar surface area (TPSA) is 61.9 Å². The minimum Gasteiger partial charge on any atom is -0.453 e. The Kier molecular flexibility index (Phi) is 7.08. The molecule has 3 aromatic rings. The number of halogens is 3. The van der Waals surface area contributed by atoms with Gasteiger partial charge < -0.3 is 19.9 Å². The second-order valence-corrected chi connectivity index (χ2v) is 9.70. The molecule has 0 spiro atoms. The summed E-state index contributed by atoms with van der Waals surface area (Å²) in [7, 11) is 1.38. The molecule has 1 aliphatic heterocycles. The normalized spacial score (nSPS) is 15.1. The Morgan fingerprint density at radius 2 is 1.67 bits per heavy atom. The van der Waals surface area contributed by atoms with Gasteiger partial charge in [0.2, 0.25) is 0 Å². The van der Waals surface area contributed by atoms with E-state index in [1.807, 2.05) is 31.2 Å². The van der Waals surface area contributed by atoms with Gasteiger partial charge in [0.05, 0.1) is 12.7 Å². The molecule has 1 fully saturated rings. The number of allylic oxidation sites excluding steroid dienone is 1. The summed E-state index contributed by atoms with van der Waals surface area (Å²) in [5, 5.41) is 2.96. The van der Waals surface area contributed by atoms with Gasteiger partial charge in [0.15, 0.2) is 0 Å². The highest BCUT2D eigenvalue weighted by molar-refractivity contribution is 6.09. The molecule has 5 rings (SSSR count). The van der Waals surface area contributed by atoms with Gasteiger partial charge in [0, 0.05) is 49.5 Å². The molecule has 2 amide bonds. The van der Waals surface area contributed by atoms with E-state index in [0.717, 1.165) is 48.3 Å².